The highest BCUT2D eigenvalue weighted by molar-refractivity contribution is 5.69. The molecule has 1 atom stereocenters. The molecule has 0 saturated heterocycles. The van der Waals surface area contributed by atoms with Crippen LogP contribution in [0.1, 0.15) is 65.7 Å². The highest BCUT2D eigenvalue weighted by Gasteiger charge is 2.05. The van der Waals surface area contributed by atoms with Crippen LogP contribution in [-0.4, -0.2) is 12.1 Å². The summed E-state index contributed by atoms with van der Waals surface area (Å²) in [5.74, 6) is -0.0763. The van der Waals surface area contributed by atoms with E-state index in [1.807, 2.05) is 13.8 Å². The van der Waals surface area contributed by atoms with Crippen LogP contribution in [0.25, 0.3) is 0 Å². The fourth-order valence-electron chi connectivity index (χ4n) is 1.32. The van der Waals surface area contributed by atoms with E-state index >= 15 is 0 Å². The van der Waals surface area contributed by atoms with Gasteiger partial charge in [0.05, 0.1) is 6.10 Å². The summed E-state index contributed by atoms with van der Waals surface area (Å²) < 4.78 is 5.17. The Morgan fingerprint density at radius 2 is 1.88 bits per heavy atom. The number of unbranched alkanes of at least 4 members (excludes halogenated alkanes) is 3. The van der Waals surface area contributed by atoms with Gasteiger partial charge in [0.1, 0.15) is 0 Å². The third-order valence-electron chi connectivity index (χ3n) is 2.56. The lowest BCUT2D eigenvalue weighted by atomic mass is 10.2. The fraction of sp³-hybridized carbons (Fsp3) is 0.786. The van der Waals surface area contributed by atoms with Gasteiger partial charge in [-0.25, -0.2) is 0 Å². The van der Waals surface area contributed by atoms with Gasteiger partial charge >= 0.3 is 5.97 Å². The molecule has 94 valence electrons. The summed E-state index contributed by atoms with van der Waals surface area (Å²) in [4.78, 5) is 11.3. The maximum absolute atomic E-state index is 11.3. The molecule has 0 aromatic rings. The lowest BCUT2D eigenvalue weighted by Crippen LogP contribution is -2.13. The zero-order chi connectivity index (χ0) is 12.2. The molecule has 2 nitrogen and oxygen atoms in total. The maximum atomic E-state index is 11.3. The van der Waals surface area contributed by atoms with Gasteiger partial charge in [-0.2, -0.15) is 0 Å². The van der Waals surface area contributed by atoms with Gasteiger partial charge in [-0.05, 0) is 32.6 Å². The number of hydrogen-bond donors (Lipinski definition) is 0. The lowest BCUT2D eigenvalue weighted by Gasteiger charge is -2.09. The number of rotatable bonds is 9. The molecule has 2 heteroatoms. The third kappa shape index (κ3) is 9.75. The van der Waals surface area contributed by atoms with Crippen molar-refractivity contribution >= 4 is 5.97 Å². The topological polar surface area (TPSA) is 26.3 Å². The molecule has 0 aromatic heterocycles. The molecule has 0 aliphatic heterocycles. The average Bonchev–Trinajstić information content (AvgIpc) is 2.27. The van der Waals surface area contributed by atoms with Crippen molar-refractivity contribution in [2.75, 3.05) is 0 Å². The number of ether oxygens (including phenoxy) is 1. The molecule has 0 spiro atoms. The minimum absolute atomic E-state index is 0.0565. The molecule has 0 aliphatic carbocycles. The Labute approximate surface area is 100 Å². The van der Waals surface area contributed by atoms with E-state index in [0.29, 0.717) is 6.42 Å². The fourth-order valence-corrected chi connectivity index (χ4v) is 1.32. The van der Waals surface area contributed by atoms with Gasteiger partial charge < -0.3 is 4.74 Å². The largest absolute Gasteiger partial charge is 0.463 e. The smallest absolute Gasteiger partial charge is 0.306 e. The first-order valence-corrected chi connectivity index (χ1v) is 6.55. The first kappa shape index (κ1) is 15.2. The van der Waals surface area contributed by atoms with Crippen molar-refractivity contribution in [3.8, 4) is 0 Å². The molecule has 0 amide bonds. The van der Waals surface area contributed by atoms with E-state index in [2.05, 4.69) is 19.1 Å². The predicted octanol–water partition coefficient (Wildman–Crippen LogP) is 4.24. The number of carbonyl (C=O) groups excluding carboxylic acids is 1. The first-order valence-electron chi connectivity index (χ1n) is 6.55. The molecule has 0 fully saturated rings. The van der Waals surface area contributed by atoms with Gasteiger partial charge in [0, 0.05) is 6.42 Å². The van der Waals surface area contributed by atoms with E-state index in [0.717, 1.165) is 19.3 Å². The molecule has 0 rings (SSSR count). The van der Waals surface area contributed by atoms with Crippen LogP contribution in [0, 0.1) is 0 Å². The van der Waals surface area contributed by atoms with E-state index < -0.39 is 0 Å². The van der Waals surface area contributed by atoms with Crippen molar-refractivity contribution in [3.63, 3.8) is 0 Å². The number of hydrogen-bond acceptors (Lipinski definition) is 2. The summed E-state index contributed by atoms with van der Waals surface area (Å²) in [7, 11) is 0. The van der Waals surface area contributed by atoms with Crippen LogP contribution >= 0.6 is 0 Å². The van der Waals surface area contributed by atoms with Crippen LogP contribution in [0.4, 0.5) is 0 Å². The standard InChI is InChI=1S/C14H26O2/c1-4-6-7-8-9-10-11-12-14(15)16-13(3)5-2/h9-10,13H,4-8,11-12H2,1-3H3/b10-9+. The van der Waals surface area contributed by atoms with Crippen molar-refractivity contribution in [1.29, 1.82) is 0 Å². The SMILES string of the molecule is CCCCC/C=C/CCC(=O)OC(C)CC. The second-order valence-electron chi connectivity index (χ2n) is 4.21. The van der Waals surface area contributed by atoms with Crippen LogP contribution in [0.3, 0.4) is 0 Å². The summed E-state index contributed by atoms with van der Waals surface area (Å²) >= 11 is 0. The number of carbonyl (C=O) groups is 1. The second-order valence-corrected chi connectivity index (χ2v) is 4.21. The number of esters is 1. The number of allylic oxidation sites excluding steroid dienone is 2. The predicted molar refractivity (Wildman–Crippen MR) is 68.4 cm³/mol. The molecule has 16 heavy (non-hydrogen) atoms. The molecule has 0 bridgehead atoms. The lowest BCUT2D eigenvalue weighted by molar-refractivity contribution is -0.148. The Bertz CT molecular complexity index is 197. The van der Waals surface area contributed by atoms with Crippen LogP contribution in [-0.2, 0) is 9.53 Å². The summed E-state index contributed by atoms with van der Waals surface area (Å²) in [6.07, 6.45) is 11.5. The van der Waals surface area contributed by atoms with Crippen LogP contribution in [0.5, 0.6) is 0 Å². The molecule has 0 aliphatic rings. The zero-order valence-electron chi connectivity index (χ0n) is 11.0. The molecule has 0 radical (unpaired) electrons. The van der Waals surface area contributed by atoms with Crippen LogP contribution < -0.4 is 0 Å². The van der Waals surface area contributed by atoms with E-state index in [1.54, 1.807) is 0 Å². The van der Waals surface area contributed by atoms with Crippen molar-refractivity contribution in [1.82, 2.24) is 0 Å². The minimum atomic E-state index is -0.0763. The van der Waals surface area contributed by atoms with Crippen LogP contribution in [0.15, 0.2) is 12.2 Å². The van der Waals surface area contributed by atoms with Crippen molar-refractivity contribution < 1.29 is 9.53 Å². The summed E-state index contributed by atoms with van der Waals surface area (Å²) in [5, 5.41) is 0. The normalized spacial score (nSPS) is 12.9. The van der Waals surface area contributed by atoms with Gasteiger partial charge in [-0.1, -0.05) is 38.8 Å². The van der Waals surface area contributed by atoms with E-state index in [4.69, 9.17) is 4.74 Å². The molecule has 0 aromatic carbocycles. The maximum Gasteiger partial charge on any atom is 0.306 e. The molecule has 1 unspecified atom stereocenters. The summed E-state index contributed by atoms with van der Waals surface area (Å²) in [6, 6.07) is 0. The highest BCUT2D eigenvalue weighted by Crippen LogP contribution is 2.03. The van der Waals surface area contributed by atoms with Gasteiger partial charge in [0.2, 0.25) is 0 Å². The Balaban J connectivity index is 3.39. The minimum Gasteiger partial charge on any atom is -0.463 e. The highest BCUT2D eigenvalue weighted by atomic mass is 16.5. The van der Waals surface area contributed by atoms with Crippen molar-refractivity contribution in [2.24, 2.45) is 0 Å². The Morgan fingerprint density at radius 1 is 1.19 bits per heavy atom. The Hall–Kier alpha value is -0.790. The molecular weight excluding hydrogens is 200 g/mol. The Kier molecular flexibility index (Phi) is 10.2. The molecule has 0 heterocycles. The van der Waals surface area contributed by atoms with Gasteiger partial charge in [-0.15, -0.1) is 0 Å². The second kappa shape index (κ2) is 10.7. The van der Waals surface area contributed by atoms with E-state index in [-0.39, 0.29) is 12.1 Å². The van der Waals surface area contributed by atoms with Gasteiger partial charge in [0.25, 0.3) is 0 Å². The van der Waals surface area contributed by atoms with Gasteiger partial charge in [0.15, 0.2) is 0 Å². The summed E-state index contributed by atoms with van der Waals surface area (Å²) in [5.41, 5.74) is 0. The first-order chi connectivity index (χ1) is 7.70. The van der Waals surface area contributed by atoms with Crippen molar-refractivity contribution in [3.05, 3.63) is 12.2 Å². The third-order valence-corrected chi connectivity index (χ3v) is 2.56. The molecule has 0 saturated carbocycles. The Morgan fingerprint density at radius 3 is 2.50 bits per heavy atom. The van der Waals surface area contributed by atoms with E-state index in [1.165, 1.54) is 19.3 Å². The van der Waals surface area contributed by atoms with Crippen molar-refractivity contribution in [2.45, 2.75) is 71.8 Å². The average molecular weight is 226 g/mol. The van der Waals surface area contributed by atoms with E-state index in [9.17, 15) is 4.79 Å². The monoisotopic (exact) mass is 226 g/mol. The summed E-state index contributed by atoms with van der Waals surface area (Å²) in [6.45, 7) is 6.15. The van der Waals surface area contributed by atoms with Crippen LogP contribution in [0.2, 0.25) is 0 Å². The van der Waals surface area contributed by atoms with Gasteiger partial charge in [-0.3, -0.25) is 4.79 Å². The quantitative estimate of drug-likeness (QED) is 0.334. The molecular formula is C14H26O2. The molecule has 0 N–H and O–H groups in total. The zero-order valence-corrected chi connectivity index (χ0v) is 11.0.